The molecule has 4 atom stereocenters. The molecule has 2 saturated heterocycles. The van der Waals surface area contributed by atoms with Crippen LogP contribution in [0.4, 0.5) is 18.9 Å². The van der Waals surface area contributed by atoms with Crippen molar-refractivity contribution in [2.45, 2.75) is 61.5 Å². The first kappa shape index (κ1) is 32.5. The number of aliphatic hydroxyl groups is 1. The predicted molar refractivity (Wildman–Crippen MR) is 158 cm³/mol. The zero-order valence-electron chi connectivity index (χ0n) is 23.9. The lowest BCUT2D eigenvalue weighted by molar-refractivity contribution is -0.245. The number of likely N-dealkylation sites (tertiary alicyclic amines) is 1. The fourth-order valence-corrected chi connectivity index (χ4v) is 6.26. The highest BCUT2D eigenvalue weighted by Crippen LogP contribution is 2.40. The third kappa shape index (κ3) is 8.03. The number of rotatable bonds is 9. The molecule has 13 heteroatoms. The summed E-state index contributed by atoms with van der Waals surface area (Å²) < 4.78 is 51.9. The Bertz CT molecular complexity index is 1520. The number of aromatic carboxylic acids is 1. The van der Waals surface area contributed by atoms with Crippen LogP contribution in [0.25, 0.3) is 0 Å². The van der Waals surface area contributed by atoms with Crippen LogP contribution in [0.2, 0.25) is 0 Å². The molecular weight excluding hydrogens is 613 g/mol. The fraction of sp³-hybridized carbons (Fsp3) is 0.344. The van der Waals surface area contributed by atoms with Crippen molar-refractivity contribution in [2.24, 2.45) is 0 Å². The first-order valence-electron chi connectivity index (χ1n) is 14.3. The van der Waals surface area contributed by atoms with Crippen LogP contribution in [0.5, 0.6) is 0 Å². The second-order valence-corrected chi connectivity index (χ2v) is 11.9. The number of hydrogen-bond acceptors (Lipinski definition) is 7. The average molecular weight is 645 g/mol. The third-order valence-electron chi connectivity index (χ3n) is 7.64. The molecule has 9 nitrogen and oxygen atoms in total. The van der Waals surface area contributed by atoms with E-state index in [9.17, 15) is 32.7 Å². The molecule has 45 heavy (non-hydrogen) atoms. The molecule has 0 bridgehead atoms. The largest absolute Gasteiger partial charge is 0.478 e. The number of carboxylic acid groups (broad SMARTS) is 1. The molecule has 4 unspecified atom stereocenters. The summed E-state index contributed by atoms with van der Waals surface area (Å²) in [5.74, 6) is -3.22. The molecule has 0 aliphatic carbocycles. The summed E-state index contributed by atoms with van der Waals surface area (Å²) in [5, 5.41) is 21.3. The van der Waals surface area contributed by atoms with Crippen molar-refractivity contribution in [2.75, 3.05) is 17.6 Å². The lowest BCUT2D eigenvalue weighted by Crippen LogP contribution is -2.48. The Morgan fingerprint density at radius 2 is 1.71 bits per heavy atom. The number of benzene rings is 3. The summed E-state index contributed by atoms with van der Waals surface area (Å²) in [6, 6.07) is 19.3. The maximum Gasteiger partial charge on any atom is 0.471 e. The van der Waals surface area contributed by atoms with Gasteiger partial charge in [-0.15, -0.1) is 11.8 Å². The first-order chi connectivity index (χ1) is 21.5. The minimum Gasteiger partial charge on any atom is -0.478 e. The maximum absolute atomic E-state index is 13.1. The molecule has 0 spiro atoms. The highest BCUT2D eigenvalue weighted by Gasteiger charge is 2.47. The van der Waals surface area contributed by atoms with Gasteiger partial charge in [0.1, 0.15) is 6.04 Å². The number of thioether (sulfide) groups is 1. The summed E-state index contributed by atoms with van der Waals surface area (Å²) in [6.07, 6.45) is -5.68. The normalized spacial score (nSPS) is 21.8. The van der Waals surface area contributed by atoms with E-state index in [2.05, 4.69) is 5.32 Å². The molecule has 238 valence electrons. The van der Waals surface area contributed by atoms with E-state index in [-0.39, 0.29) is 43.8 Å². The van der Waals surface area contributed by atoms with Gasteiger partial charge in [0.25, 0.3) is 0 Å². The second kappa shape index (κ2) is 14.0. The fourth-order valence-electron chi connectivity index (χ4n) is 5.34. The summed E-state index contributed by atoms with van der Waals surface area (Å²) in [6.45, 7) is -0.247. The Balaban J connectivity index is 1.32. The van der Waals surface area contributed by atoms with Crippen molar-refractivity contribution in [3.8, 4) is 0 Å². The van der Waals surface area contributed by atoms with Gasteiger partial charge in [-0.1, -0.05) is 36.4 Å². The number of carbonyl (C=O) groups is 3. The van der Waals surface area contributed by atoms with E-state index in [4.69, 9.17) is 14.6 Å². The van der Waals surface area contributed by atoms with Crippen LogP contribution in [0.15, 0.2) is 77.7 Å². The molecule has 5 rings (SSSR count). The van der Waals surface area contributed by atoms with Gasteiger partial charge in [0.05, 0.1) is 24.4 Å². The number of amides is 2. The summed E-state index contributed by atoms with van der Waals surface area (Å²) >= 11 is 1.50. The molecule has 2 aliphatic rings. The van der Waals surface area contributed by atoms with Gasteiger partial charge in [-0.3, -0.25) is 9.59 Å². The van der Waals surface area contributed by atoms with E-state index in [1.165, 1.54) is 23.9 Å². The first-order valence-corrected chi connectivity index (χ1v) is 15.3. The quantitative estimate of drug-likeness (QED) is 0.253. The molecule has 0 aromatic heterocycles. The molecule has 2 aliphatic heterocycles. The highest BCUT2D eigenvalue weighted by molar-refractivity contribution is 7.99. The lowest BCUT2D eigenvalue weighted by Gasteiger charge is -2.36. The number of anilines is 1. The lowest BCUT2D eigenvalue weighted by atomic mass is 10.0. The van der Waals surface area contributed by atoms with Crippen LogP contribution in [0.3, 0.4) is 0 Å². The SMILES string of the molecule is O=C(O)c1ccc(SCC2CC(c3ccc(CO)cc3)OC(c3cccc(NC(=O)C4CCCN4C(=O)C(F)(F)F)c3)O2)cc1. The molecule has 0 radical (unpaired) electrons. The van der Waals surface area contributed by atoms with Crippen LogP contribution in [-0.4, -0.2) is 63.5 Å². The van der Waals surface area contributed by atoms with Gasteiger partial charge in [-0.25, -0.2) is 4.79 Å². The van der Waals surface area contributed by atoms with Gasteiger partial charge in [-0.2, -0.15) is 13.2 Å². The molecule has 3 N–H and O–H groups in total. The minimum atomic E-state index is -5.07. The number of carbonyl (C=O) groups excluding carboxylic acids is 2. The van der Waals surface area contributed by atoms with Crippen LogP contribution >= 0.6 is 11.8 Å². The van der Waals surface area contributed by atoms with Gasteiger partial charge in [0.2, 0.25) is 5.91 Å². The van der Waals surface area contributed by atoms with Crippen LogP contribution < -0.4 is 5.32 Å². The van der Waals surface area contributed by atoms with Gasteiger partial charge in [0.15, 0.2) is 6.29 Å². The zero-order chi connectivity index (χ0) is 32.1. The average Bonchev–Trinajstić information content (AvgIpc) is 3.53. The second-order valence-electron chi connectivity index (χ2n) is 10.8. The van der Waals surface area contributed by atoms with E-state index < -0.39 is 36.3 Å². The standard InChI is InChI=1S/C32H31F3N2O7S/c33-32(34,35)31(42)37-14-2-5-26(37)28(39)36-23-4-1-3-22(15-23)30-43-24(18-45-25-12-10-21(11-13-25)29(40)41)16-27(44-30)20-8-6-19(17-38)7-9-20/h1,3-4,6-13,15,24,26-27,30,38H,2,5,14,16-18H2,(H,36,39)(H,40,41). The van der Waals surface area contributed by atoms with Crippen molar-refractivity contribution >= 4 is 35.2 Å². The van der Waals surface area contributed by atoms with Gasteiger partial charge in [0, 0.05) is 34.9 Å². The summed E-state index contributed by atoms with van der Waals surface area (Å²) in [4.78, 5) is 37.4. The Hall–Kier alpha value is -3.91. The topological polar surface area (TPSA) is 125 Å². The molecule has 3 aromatic rings. The predicted octanol–water partition coefficient (Wildman–Crippen LogP) is 5.71. The van der Waals surface area contributed by atoms with Crippen molar-refractivity contribution in [1.82, 2.24) is 4.90 Å². The molecule has 3 aromatic carbocycles. The van der Waals surface area contributed by atoms with Crippen LogP contribution in [0.1, 0.15) is 58.7 Å². The maximum atomic E-state index is 13.1. The number of halogens is 3. The zero-order valence-corrected chi connectivity index (χ0v) is 24.7. The third-order valence-corrected chi connectivity index (χ3v) is 8.78. The number of hydrogen-bond donors (Lipinski definition) is 3. The molecule has 2 fully saturated rings. The minimum absolute atomic E-state index is 0.0982. The number of nitrogens with zero attached hydrogens (tertiary/aromatic N) is 1. The van der Waals surface area contributed by atoms with Gasteiger partial charge < -0.3 is 29.9 Å². The Labute approximate surface area is 261 Å². The molecular formula is C32H31F3N2O7S. The number of alkyl halides is 3. The summed E-state index contributed by atoms with van der Waals surface area (Å²) in [5.41, 5.74) is 2.70. The highest BCUT2D eigenvalue weighted by atomic mass is 32.2. The van der Waals surface area contributed by atoms with Crippen molar-refractivity contribution < 1.29 is 47.2 Å². The van der Waals surface area contributed by atoms with E-state index in [1.807, 2.05) is 24.3 Å². The van der Waals surface area contributed by atoms with Crippen LogP contribution in [-0.2, 0) is 25.7 Å². The smallest absolute Gasteiger partial charge is 0.471 e. The van der Waals surface area contributed by atoms with E-state index >= 15 is 0 Å². The number of ether oxygens (including phenoxy) is 2. The van der Waals surface area contributed by atoms with Crippen molar-refractivity contribution in [1.29, 1.82) is 0 Å². The molecule has 0 saturated carbocycles. The molecule has 2 heterocycles. The van der Waals surface area contributed by atoms with Crippen molar-refractivity contribution in [3.05, 3.63) is 95.1 Å². The Morgan fingerprint density at radius 3 is 2.38 bits per heavy atom. The Morgan fingerprint density at radius 1 is 0.978 bits per heavy atom. The van der Waals surface area contributed by atoms with Gasteiger partial charge >= 0.3 is 18.1 Å². The monoisotopic (exact) mass is 644 g/mol. The van der Waals surface area contributed by atoms with E-state index in [1.54, 1.807) is 36.4 Å². The van der Waals surface area contributed by atoms with Crippen LogP contribution in [0, 0.1) is 0 Å². The van der Waals surface area contributed by atoms with E-state index in [0.29, 0.717) is 28.3 Å². The number of carboxylic acids is 1. The summed E-state index contributed by atoms with van der Waals surface area (Å²) in [7, 11) is 0. The van der Waals surface area contributed by atoms with Gasteiger partial charge in [-0.05, 0) is 60.4 Å². The number of nitrogens with one attached hydrogen (secondary N) is 1. The number of aliphatic hydroxyl groups excluding tert-OH is 1. The Kier molecular flexibility index (Phi) is 10.1. The van der Waals surface area contributed by atoms with E-state index in [0.717, 1.165) is 16.0 Å². The molecule has 2 amide bonds. The van der Waals surface area contributed by atoms with Crippen molar-refractivity contribution in [3.63, 3.8) is 0 Å².